The first-order valence-electron chi connectivity index (χ1n) is 6.65. The first kappa shape index (κ1) is 13.5. The van der Waals surface area contributed by atoms with E-state index in [1.807, 2.05) is 0 Å². The molecule has 1 unspecified atom stereocenters. The van der Waals surface area contributed by atoms with Crippen molar-refractivity contribution in [1.29, 1.82) is 0 Å². The Hall–Kier alpha value is -0.930. The molecule has 0 amide bonds. The molecule has 1 aromatic carbocycles. The van der Waals surface area contributed by atoms with E-state index in [0.29, 0.717) is 11.0 Å². The molecule has 3 heteroatoms. The van der Waals surface area contributed by atoms with Gasteiger partial charge in [-0.2, -0.15) is 0 Å². The number of aryl methyl sites for hydroxylation is 2. The zero-order valence-corrected chi connectivity index (χ0v) is 12.1. The highest BCUT2D eigenvalue weighted by Crippen LogP contribution is 2.23. The molecule has 2 N–H and O–H groups in total. The standard InChI is InChI=1S/C15H22N2S/c1-11(8-15(16)18)17(2)10-12-6-7-13-4-3-5-14(13)9-12/h6-7,9,11H,3-5,8,10H2,1-2H3,(H2,16,18). The van der Waals surface area contributed by atoms with Gasteiger partial charge in [-0.3, -0.25) is 4.90 Å². The Labute approximate surface area is 115 Å². The topological polar surface area (TPSA) is 29.3 Å². The summed E-state index contributed by atoms with van der Waals surface area (Å²) < 4.78 is 0. The van der Waals surface area contributed by atoms with E-state index in [-0.39, 0.29) is 0 Å². The van der Waals surface area contributed by atoms with Crippen LogP contribution >= 0.6 is 12.2 Å². The van der Waals surface area contributed by atoms with E-state index >= 15 is 0 Å². The van der Waals surface area contributed by atoms with Gasteiger partial charge in [0.25, 0.3) is 0 Å². The maximum absolute atomic E-state index is 5.60. The number of rotatable bonds is 5. The van der Waals surface area contributed by atoms with Gasteiger partial charge < -0.3 is 5.73 Å². The third kappa shape index (κ3) is 3.30. The molecule has 0 aromatic heterocycles. The van der Waals surface area contributed by atoms with E-state index < -0.39 is 0 Å². The summed E-state index contributed by atoms with van der Waals surface area (Å²) in [5.74, 6) is 0. The minimum atomic E-state index is 0.399. The molecule has 0 heterocycles. The van der Waals surface area contributed by atoms with E-state index in [9.17, 15) is 0 Å². The van der Waals surface area contributed by atoms with Gasteiger partial charge in [0.1, 0.15) is 0 Å². The van der Waals surface area contributed by atoms with Crippen LogP contribution in [0, 0.1) is 0 Å². The molecule has 0 aliphatic heterocycles. The minimum Gasteiger partial charge on any atom is -0.393 e. The van der Waals surface area contributed by atoms with Crippen LogP contribution in [-0.2, 0) is 19.4 Å². The first-order valence-corrected chi connectivity index (χ1v) is 7.06. The monoisotopic (exact) mass is 262 g/mol. The van der Waals surface area contributed by atoms with Crippen molar-refractivity contribution in [1.82, 2.24) is 4.90 Å². The molecule has 1 aliphatic rings. The van der Waals surface area contributed by atoms with Gasteiger partial charge >= 0.3 is 0 Å². The van der Waals surface area contributed by atoms with Gasteiger partial charge in [0.15, 0.2) is 0 Å². The van der Waals surface area contributed by atoms with Gasteiger partial charge in [0, 0.05) is 19.0 Å². The van der Waals surface area contributed by atoms with Gasteiger partial charge in [-0.1, -0.05) is 30.4 Å². The molecule has 1 aliphatic carbocycles. The van der Waals surface area contributed by atoms with E-state index in [2.05, 4.69) is 37.1 Å². The number of hydrogen-bond acceptors (Lipinski definition) is 2. The Morgan fingerprint density at radius 2 is 2.11 bits per heavy atom. The average molecular weight is 262 g/mol. The second-order valence-electron chi connectivity index (χ2n) is 5.39. The van der Waals surface area contributed by atoms with Crippen LogP contribution in [0.3, 0.4) is 0 Å². The summed E-state index contributed by atoms with van der Waals surface area (Å²) in [6.45, 7) is 3.14. The SMILES string of the molecule is CC(CC(N)=S)N(C)Cc1ccc2c(c1)CCC2. The van der Waals surface area contributed by atoms with Crippen molar-refractivity contribution in [2.45, 2.75) is 45.2 Å². The van der Waals surface area contributed by atoms with E-state index in [1.165, 1.54) is 30.4 Å². The summed E-state index contributed by atoms with van der Waals surface area (Å²) in [7, 11) is 2.14. The average Bonchev–Trinajstić information content (AvgIpc) is 2.75. The predicted octanol–water partition coefficient (Wildman–Crippen LogP) is 2.67. The highest BCUT2D eigenvalue weighted by molar-refractivity contribution is 7.80. The van der Waals surface area contributed by atoms with E-state index in [1.54, 1.807) is 5.56 Å². The van der Waals surface area contributed by atoms with Crippen LogP contribution in [0.2, 0.25) is 0 Å². The minimum absolute atomic E-state index is 0.399. The fourth-order valence-electron chi connectivity index (χ4n) is 2.61. The molecule has 0 saturated carbocycles. The summed E-state index contributed by atoms with van der Waals surface area (Å²) >= 11 is 4.97. The Morgan fingerprint density at radius 1 is 1.39 bits per heavy atom. The molecule has 0 bridgehead atoms. The van der Waals surface area contributed by atoms with Crippen molar-refractivity contribution in [3.8, 4) is 0 Å². The largest absolute Gasteiger partial charge is 0.393 e. The highest BCUT2D eigenvalue weighted by atomic mass is 32.1. The summed E-state index contributed by atoms with van der Waals surface area (Å²) in [6.07, 6.45) is 4.60. The van der Waals surface area contributed by atoms with Crippen LogP contribution in [0.25, 0.3) is 0 Å². The molecule has 1 atom stereocenters. The first-order chi connectivity index (χ1) is 8.56. The number of thiocarbonyl (C=S) groups is 1. The number of nitrogens with zero attached hydrogens (tertiary/aromatic N) is 1. The third-order valence-corrected chi connectivity index (χ3v) is 4.01. The second-order valence-corrected chi connectivity index (χ2v) is 5.92. The van der Waals surface area contributed by atoms with Gasteiger partial charge in [-0.15, -0.1) is 0 Å². The fourth-order valence-corrected chi connectivity index (χ4v) is 2.86. The summed E-state index contributed by atoms with van der Waals surface area (Å²) in [4.78, 5) is 2.92. The quantitative estimate of drug-likeness (QED) is 0.827. The molecule has 1 aromatic rings. The van der Waals surface area contributed by atoms with Crippen LogP contribution in [0.1, 0.15) is 36.5 Å². The summed E-state index contributed by atoms with van der Waals surface area (Å²) in [5, 5.41) is 0. The van der Waals surface area contributed by atoms with Gasteiger partial charge in [0.2, 0.25) is 0 Å². The lowest BCUT2D eigenvalue weighted by Crippen LogP contribution is -2.32. The molecule has 2 nitrogen and oxygen atoms in total. The molecule has 0 spiro atoms. The molecule has 0 fully saturated rings. The third-order valence-electron chi connectivity index (χ3n) is 3.84. The lowest BCUT2D eigenvalue weighted by Gasteiger charge is -2.24. The number of benzene rings is 1. The maximum Gasteiger partial charge on any atom is 0.0742 e. The van der Waals surface area contributed by atoms with Crippen LogP contribution in [0.15, 0.2) is 18.2 Å². The van der Waals surface area contributed by atoms with E-state index in [4.69, 9.17) is 18.0 Å². The van der Waals surface area contributed by atoms with Crippen molar-refractivity contribution < 1.29 is 0 Å². The molecule has 2 rings (SSSR count). The molecule has 98 valence electrons. The lowest BCUT2D eigenvalue weighted by molar-refractivity contribution is 0.255. The van der Waals surface area contributed by atoms with Crippen molar-refractivity contribution in [2.75, 3.05) is 7.05 Å². The lowest BCUT2D eigenvalue weighted by atomic mass is 10.1. The van der Waals surface area contributed by atoms with Gasteiger partial charge in [-0.25, -0.2) is 0 Å². The number of fused-ring (bicyclic) bond motifs is 1. The Kier molecular flexibility index (Phi) is 4.36. The van der Waals surface area contributed by atoms with Crippen molar-refractivity contribution in [2.24, 2.45) is 5.73 Å². The predicted molar refractivity (Wildman–Crippen MR) is 80.8 cm³/mol. The molecule has 18 heavy (non-hydrogen) atoms. The fraction of sp³-hybridized carbons (Fsp3) is 0.533. The Balaban J connectivity index is 1.98. The molecule has 0 radical (unpaired) electrons. The van der Waals surface area contributed by atoms with Gasteiger partial charge in [-0.05, 0) is 49.9 Å². The zero-order chi connectivity index (χ0) is 13.1. The van der Waals surface area contributed by atoms with Crippen molar-refractivity contribution in [3.05, 3.63) is 34.9 Å². The van der Waals surface area contributed by atoms with Crippen LogP contribution in [-0.4, -0.2) is 23.0 Å². The smallest absolute Gasteiger partial charge is 0.0742 e. The second kappa shape index (κ2) is 5.81. The maximum atomic E-state index is 5.60. The van der Waals surface area contributed by atoms with Crippen molar-refractivity contribution >= 4 is 17.2 Å². The highest BCUT2D eigenvalue weighted by Gasteiger charge is 2.14. The van der Waals surface area contributed by atoms with Crippen LogP contribution < -0.4 is 5.73 Å². The van der Waals surface area contributed by atoms with E-state index in [0.717, 1.165) is 13.0 Å². The van der Waals surface area contributed by atoms with Crippen LogP contribution in [0.5, 0.6) is 0 Å². The number of hydrogen-bond donors (Lipinski definition) is 1. The summed E-state index contributed by atoms with van der Waals surface area (Å²) in [6, 6.07) is 7.32. The van der Waals surface area contributed by atoms with Gasteiger partial charge in [0.05, 0.1) is 4.99 Å². The zero-order valence-electron chi connectivity index (χ0n) is 11.3. The van der Waals surface area contributed by atoms with Crippen LogP contribution in [0.4, 0.5) is 0 Å². The Morgan fingerprint density at radius 3 is 2.83 bits per heavy atom. The summed E-state index contributed by atoms with van der Waals surface area (Å²) in [5.41, 5.74) is 10.1. The Bertz CT molecular complexity index is 442. The number of nitrogens with two attached hydrogens (primary N) is 1. The molecular weight excluding hydrogens is 240 g/mol. The van der Waals surface area contributed by atoms with Crippen molar-refractivity contribution in [3.63, 3.8) is 0 Å². The normalized spacial score (nSPS) is 15.7. The molecule has 0 saturated heterocycles. The molecular formula is C15H22N2S.